The monoisotopic (exact) mass is 541 g/mol. The number of carboxylic acid groups (broad SMARTS) is 1. The number of carboxylic acids is 1. The molecule has 0 spiro atoms. The molecule has 39 heavy (non-hydrogen) atoms. The van der Waals surface area contributed by atoms with E-state index in [4.69, 9.17) is 14.8 Å². The average molecular weight is 542 g/mol. The van der Waals surface area contributed by atoms with Gasteiger partial charge in [0.1, 0.15) is 22.8 Å². The van der Waals surface area contributed by atoms with E-state index >= 15 is 0 Å². The topological polar surface area (TPSA) is 93.5 Å². The summed E-state index contributed by atoms with van der Waals surface area (Å²) in [6, 6.07) is 6.16. The number of allylic oxidation sites excluding steroid dienone is 4. The van der Waals surface area contributed by atoms with Crippen molar-refractivity contribution in [1.82, 2.24) is 14.9 Å². The fourth-order valence-corrected chi connectivity index (χ4v) is 4.14. The standard InChI is InChI=1S/C29H30F3N3O4/c1-28(2,39-3)15-14-23-24(26(36)33-16-18-4-8-21(9-5-18)27(37)38)35(25(34-23)20-10-11-20)17-19-6-12-22(13-7-19)29(30,31)32/h4-6,8-9,12,20H,7,10-11,13,16-17H2,1-3H3,(H,33,36)(H,37,38). The zero-order valence-corrected chi connectivity index (χ0v) is 22.0. The lowest BCUT2D eigenvalue weighted by Gasteiger charge is -2.19. The molecule has 7 nitrogen and oxygen atoms in total. The first kappa shape index (κ1) is 28.2. The zero-order chi connectivity index (χ0) is 28.4. The van der Waals surface area contributed by atoms with Crippen LogP contribution in [0.5, 0.6) is 0 Å². The van der Waals surface area contributed by atoms with E-state index < -0.39 is 29.2 Å². The molecule has 2 N–H and O–H groups in total. The van der Waals surface area contributed by atoms with E-state index in [1.54, 1.807) is 30.5 Å². The summed E-state index contributed by atoms with van der Waals surface area (Å²) in [6.45, 7) is 3.94. The van der Waals surface area contributed by atoms with Gasteiger partial charge >= 0.3 is 12.1 Å². The summed E-state index contributed by atoms with van der Waals surface area (Å²) in [6.07, 6.45) is 0.140. The molecule has 0 radical (unpaired) electrons. The van der Waals surface area contributed by atoms with Gasteiger partial charge in [-0.25, -0.2) is 9.78 Å². The number of nitrogens with one attached hydrogen (secondary N) is 1. The molecule has 1 heterocycles. The van der Waals surface area contributed by atoms with Crippen LogP contribution in [-0.4, -0.2) is 45.4 Å². The van der Waals surface area contributed by atoms with Gasteiger partial charge in [-0.1, -0.05) is 35.8 Å². The molecule has 1 saturated carbocycles. The lowest BCUT2D eigenvalue weighted by molar-refractivity contribution is -0.0941. The lowest BCUT2D eigenvalue weighted by atomic mass is 9.98. The van der Waals surface area contributed by atoms with Gasteiger partial charge in [0.25, 0.3) is 5.91 Å². The maximum atomic E-state index is 13.6. The summed E-state index contributed by atoms with van der Waals surface area (Å²) in [5.74, 6) is 5.37. The highest BCUT2D eigenvalue weighted by Gasteiger charge is 2.35. The van der Waals surface area contributed by atoms with Gasteiger partial charge < -0.3 is 19.7 Å². The highest BCUT2D eigenvalue weighted by molar-refractivity contribution is 5.95. The van der Waals surface area contributed by atoms with E-state index in [2.05, 4.69) is 17.2 Å². The van der Waals surface area contributed by atoms with Crippen LogP contribution in [0.25, 0.3) is 0 Å². The van der Waals surface area contributed by atoms with Crippen molar-refractivity contribution in [2.45, 2.75) is 70.3 Å². The molecule has 0 aliphatic heterocycles. The number of aromatic carboxylic acids is 1. The molecule has 0 unspecified atom stereocenters. The Morgan fingerprint density at radius 1 is 1.15 bits per heavy atom. The molecule has 206 valence electrons. The predicted molar refractivity (Wildman–Crippen MR) is 138 cm³/mol. The van der Waals surface area contributed by atoms with Crippen LogP contribution < -0.4 is 5.32 Å². The first-order valence-electron chi connectivity index (χ1n) is 12.6. The number of hydrogen-bond acceptors (Lipinski definition) is 4. The summed E-state index contributed by atoms with van der Waals surface area (Å²) in [7, 11) is 1.53. The Bertz CT molecular complexity index is 1390. The first-order valence-corrected chi connectivity index (χ1v) is 12.6. The Labute approximate surface area is 224 Å². The van der Waals surface area contributed by atoms with Crippen LogP contribution in [-0.2, 0) is 17.8 Å². The van der Waals surface area contributed by atoms with Crippen molar-refractivity contribution in [2.24, 2.45) is 0 Å². The second-order valence-electron chi connectivity index (χ2n) is 10.2. The number of alkyl halides is 3. The Balaban J connectivity index is 1.68. The van der Waals surface area contributed by atoms with Crippen LogP contribution in [0.4, 0.5) is 13.2 Å². The number of rotatable bonds is 8. The quantitative estimate of drug-likeness (QED) is 0.438. The number of nitrogens with zero attached hydrogens (tertiary/aromatic N) is 2. The second kappa shape index (κ2) is 11.1. The number of aromatic nitrogens is 2. The molecule has 10 heteroatoms. The molecule has 2 aliphatic carbocycles. The van der Waals surface area contributed by atoms with Crippen molar-refractivity contribution in [3.05, 3.63) is 75.9 Å². The summed E-state index contributed by atoms with van der Waals surface area (Å²) in [5, 5.41) is 12.0. The minimum atomic E-state index is -4.36. The molecule has 0 saturated heterocycles. The van der Waals surface area contributed by atoms with Gasteiger partial charge in [0.05, 0.1) is 5.56 Å². The molecular weight excluding hydrogens is 511 g/mol. The van der Waals surface area contributed by atoms with Crippen LogP contribution >= 0.6 is 0 Å². The Morgan fingerprint density at radius 2 is 1.85 bits per heavy atom. The van der Waals surface area contributed by atoms with Crippen molar-refractivity contribution in [1.29, 1.82) is 0 Å². The van der Waals surface area contributed by atoms with Crippen molar-refractivity contribution in [3.63, 3.8) is 0 Å². The van der Waals surface area contributed by atoms with Crippen molar-refractivity contribution in [2.75, 3.05) is 7.11 Å². The summed E-state index contributed by atoms with van der Waals surface area (Å²) in [4.78, 5) is 29.4. The van der Waals surface area contributed by atoms with Gasteiger partial charge in [0.15, 0.2) is 0 Å². The molecule has 4 rings (SSSR count). The van der Waals surface area contributed by atoms with Gasteiger partial charge in [-0.05, 0) is 63.1 Å². The first-order chi connectivity index (χ1) is 18.4. The molecule has 2 aromatic rings. The number of carbonyl (C=O) groups excluding carboxylic acids is 1. The van der Waals surface area contributed by atoms with Crippen molar-refractivity contribution >= 4 is 11.9 Å². The van der Waals surface area contributed by atoms with Crippen LogP contribution in [0, 0.1) is 11.8 Å². The van der Waals surface area contributed by atoms with Crippen molar-refractivity contribution < 1.29 is 32.6 Å². The smallest absolute Gasteiger partial charge is 0.412 e. The Hall–Kier alpha value is -3.84. The van der Waals surface area contributed by atoms with Crippen LogP contribution in [0.1, 0.15) is 83.4 Å². The SMILES string of the molecule is COC(C)(C)C#Cc1nc(C2CC2)n(CC2=CC=C(C(F)(F)F)CC2)c1C(=O)NCc1ccc(C(=O)O)cc1. The predicted octanol–water partition coefficient (Wildman–Crippen LogP) is 5.37. The van der Waals surface area contributed by atoms with Crippen LogP contribution in [0.2, 0.25) is 0 Å². The molecule has 1 aromatic carbocycles. The van der Waals surface area contributed by atoms with E-state index in [0.717, 1.165) is 24.5 Å². The maximum absolute atomic E-state index is 13.6. The van der Waals surface area contributed by atoms with Crippen LogP contribution in [0.3, 0.4) is 0 Å². The Morgan fingerprint density at radius 3 is 2.38 bits per heavy atom. The molecule has 1 fully saturated rings. The maximum Gasteiger partial charge on any atom is 0.412 e. The zero-order valence-electron chi connectivity index (χ0n) is 22.0. The number of methoxy groups -OCH3 is 1. The van der Waals surface area contributed by atoms with E-state index in [1.807, 2.05) is 0 Å². The van der Waals surface area contributed by atoms with Crippen molar-refractivity contribution in [3.8, 4) is 11.8 Å². The third-order valence-electron chi connectivity index (χ3n) is 6.76. The summed E-state index contributed by atoms with van der Waals surface area (Å²) < 4.78 is 46.5. The number of imidazole rings is 1. The van der Waals surface area contributed by atoms with E-state index in [9.17, 15) is 22.8 Å². The number of hydrogen-bond donors (Lipinski definition) is 2. The normalized spacial score (nSPS) is 15.6. The molecular formula is C29H30F3N3O4. The van der Waals surface area contributed by atoms with Gasteiger partial charge in [0.2, 0.25) is 0 Å². The van der Waals surface area contributed by atoms with E-state index in [1.165, 1.54) is 25.3 Å². The third-order valence-corrected chi connectivity index (χ3v) is 6.76. The number of carbonyl (C=O) groups is 2. The number of amides is 1. The number of benzene rings is 1. The number of ether oxygens (including phenoxy) is 1. The summed E-state index contributed by atoms with van der Waals surface area (Å²) in [5.41, 5.74) is 0.771. The third kappa shape index (κ3) is 6.98. The lowest BCUT2D eigenvalue weighted by Crippen LogP contribution is -2.27. The molecule has 1 aromatic heterocycles. The van der Waals surface area contributed by atoms with E-state index in [0.29, 0.717) is 11.4 Å². The fourth-order valence-electron chi connectivity index (χ4n) is 4.14. The van der Waals surface area contributed by atoms with Gasteiger partial charge in [-0.2, -0.15) is 13.2 Å². The minimum absolute atomic E-state index is 0.120. The van der Waals surface area contributed by atoms with Gasteiger partial charge in [0, 0.05) is 31.7 Å². The second-order valence-corrected chi connectivity index (χ2v) is 10.2. The van der Waals surface area contributed by atoms with Crippen LogP contribution in [0.15, 0.2) is 47.6 Å². The summed E-state index contributed by atoms with van der Waals surface area (Å²) >= 11 is 0. The fraction of sp³-hybridized carbons (Fsp3) is 0.414. The largest absolute Gasteiger partial charge is 0.478 e. The molecule has 0 bridgehead atoms. The molecule has 0 atom stereocenters. The average Bonchev–Trinajstić information content (AvgIpc) is 3.68. The highest BCUT2D eigenvalue weighted by atomic mass is 19.4. The van der Waals surface area contributed by atoms with E-state index in [-0.39, 0.29) is 48.8 Å². The minimum Gasteiger partial charge on any atom is -0.478 e. The highest BCUT2D eigenvalue weighted by Crippen LogP contribution is 2.41. The molecule has 2 aliphatic rings. The Kier molecular flexibility index (Phi) is 8.02. The molecule has 1 amide bonds. The van der Waals surface area contributed by atoms with Gasteiger partial charge in [-0.15, -0.1) is 0 Å². The number of halogens is 3. The van der Waals surface area contributed by atoms with Gasteiger partial charge in [-0.3, -0.25) is 4.79 Å².